The maximum absolute atomic E-state index is 16.4. The number of anilines is 6. The Bertz CT molecular complexity index is 5910. The van der Waals surface area contributed by atoms with E-state index < -0.39 is 51.1 Å². The molecule has 8 heteroatoms. The van der Waals surface area contributed by atoms with Crippen molar-refractivity contribution in [2.24, 2.45) is 0 Å². The highest BCUT2D eigenvalue weighted by Crippen LogP contribution is 2.66. The fourth-order valence-corrected chi connectivity index (χ4v) is 18.2. The van der Waals surface area contributed by atoms with Gasteiger partial charge in [-0.1, -0.05) is 248 Å². The number of aryl methyl sites for hydroxylation is 2. The van der Waals surface area contributed by atoms with E-state index in [4.69, 9.17) is 0 Å². The Labute approximate surface area is 601 Å². The number of benzene rings is 13. The first-order chi connectivity index (χ1) is 50.6. The number of hydrogen-bond donors (Lipinski definition) is 0. The van der Waals surface area contributed by atoms with Crippen LogP contribution in [0.25, 0.3) is 56.7 Å². The molecule has 0 amide bonds. The highest BCUT2D eigenvalue weighted by atomic mass is 19.2. The molecule has 0 saturated heterocycles. The number of fused-ring (bicyclic) bond motifs is 16. The molecular weight excluding hydrogens is 1300 g/mol. The smallest absolute Gasteiger partial charge is 0.194 e. The van der Waals surface area contributed by atoms with Gasteiger partial charge in [-0.05, 0) is 211 Å². The number of rotatable bonds is 12. The van der Waals surface area contributed by atoms with Gasteiger partial charge in [-0.2, -0.15) is 0 Å². The van der Waals surface area contributed by atoms with Crippen LogP contribution < -0.4 is 9.80 Å². The highest BCUT2D eigenvalue weighted by molar-refractivity contribution is 5.99. The van der Waals surface area contributed by atoms with E-state index in [1.165, 1.54) is 0 Å². The molecule has 0 N–H and O–H groups in total. The molecular formula is C96H66F6N2. The third-order valence-corrected chi connectivity index (χ3v) is 22.7. The minimum absolute atomic E-state index is 0.0433. The molecule has 502 valence electrons. The Morgan fingerprint density at radius 3 is 1.07 bits per heavy atom. The molecule has 5 aliphatic carbocycles. The lowest BCUT2D eigenvalue weighted by Crippen LogP contribution is -2.30. The molecule has 104 heavy (non-hydrogen) atoms. The number of nitrogens with zero attached hydrogens (tertiary/aromatic N) is 2. The summed E-state index contributed by atoms with van der Waals surface area (Å²) in [4.78, 5) is 3.64. The Balaban J connectivity index is 0.878. The van der Waals surface area contributed by atoms with Crippen LogP contribution in [0.4, 0.5) is 60.5 Å². The van der Waals surface area contributed by atoms with Crippen molar-refractivity contribution in [3.63, 3.8) is 0 Å². The quantitative estimate of drug-likeness (QED) is 0.0888. The molecule has 3 atom stereocenters. The lowest BCUT2D eigenvalue weighted by molar-refractivity contribution is 0.447. The van der Waals surface area contributed by atoms with E-state index in [1.54, 1.807) is 0 Å². The minimum atomic E-state index is -1.59. The zero-order chi connectivity index (χ0) is 71.2. The molecule has 0 bridgehead atoms. The molecule has 5 aliphatic rings. The monoisotopic (exact) mass is 1360 g/mol. The lowest BCUT2D eigenvalue weighted by Gasteiger charge is -2.37. The summed E-state index contributed by atoms with van der Waals surface area (Å²) < 4.78 is 96.9. The molecule has 0 aromatic heterocycles. The molecule has 13 aromatic rings. The predicted octanol–water partition coefficient (Wildman–Crippen LogP) is 25.6. The molecule has 13 aromatic carbocycles. The molecule has 0 fully saturated rings. The Morgan fingerprint density at radius 2 is 0.663 bits per heavy atom. The Hall–Kier alpha value is -12.3. The fourth-order valence-electron chi connectivity index (χ4n) is 18.2. The van der Waals surface area contributed by atoms with E-state index in [0.717, 1.165) is 169 Å². The van der Waals surface area contributed by atoms with Gasteiger partial charge in [0.05, 0.1) is 27.6 Å². The van der Waals surface area contributed by atoms with Crippen LogP contribution >= 0.6 is 0 Å². The average Bonchev–Trinajstić information content (AvgIpc) is 1.51. The van der Waals surface area contributed by atoms with Crippen LogP contribution in [0.2, 0.25) is 0 Å². The second-order valence-corrected chi connectivity index (χ2v) is 28.1. The third kappa shape index (κ3) is 9.10. The summed E-state index contributed by atoms with van der Waals surface area (Å²) in [6.45, 7) is 16.7. The number of allylic oxidation sites excluding steroid dienone is 6. The maximum atomic E-state index is 16.4. The van der Waals surface area contributed by atoms with Crippen molar-refractivity contribution in [1.29, 1.82) is 0 Å². The summed E-state index contributed by atoms with van der Waals surface area (Å²) in [6, 6.07) is 85.9. The number of halogens is 6. The van der Waals surface area contributed by atoms with Crippen LogP contribution in [0.15, 0.2) is 309 Å². The summed E-state index contributed by atoms with van der Waals surface area (Å²) in [5.41, 5.74) is 25.2. The van der Waals surface area contributed by atoms with Crippen LogP contribution in [0.1, 0.15) is 104 Å². The van der Waals surface area contributed by atoms with Crippen LogP contribution in [-0.4, -0.2) is 0 Å². The normalized spacial score (nSPS) is 17.5. The second-order valence-electron chi connectivity index (χ2n) is 28.1. The van der Waals surface area contributed by atoms with Crippen molar-refractivity contribution >= 4 is 46.3 Å². The molecule has 0 aliphatic heterocycles. The van der Waals surface area contributed by atoms with Gasteiger partial charge < -0.3 is 9.80 Å². The van der Waals surface area contributed by atoms with Crippen LogP contribution in [0, 0.1) is 48.8 Å². The lowest BCUT2D eigenvalue weighted by atomic mass is 9.65. The summed E-state index contributed by atoms with van der Waals surface area (Å²) in [6.07, 6.45) is 10.9. The van der Waals surface area contributed by atoms with E-state index in [9.17, 15) is 0 Å². The summed E-state index contributed by atoms with van der Waals surface area (Å²) in [5, 5.41) is 0. The van der Waals surface area contributed by atoms with E-state index in [2.05, 4.69) is 241 Å². The van der Waals surface area contributed by atoms with Gasteiger partial charge in [0.2, 0.25) is 0 Å². The van der Waals surface area contributed by atoms with Crippen LogP contribution in [0.3, 0.4) is 0 Å². The van der Waals surface area contributed by atoms with Crippen LogP contribution in [-0.2, 0) is 16.2 Å². The first-order valence-corrected chi connectivity index (χ1v) is 35.0. The molecule has 18 rings (SSSR count). The van der Waals surface area contributed by atoms with Gasteiger partial charge >= 0.3 is 0 Å². The molecule has 1 spiro atoms. The van der Waals surface area contributed by atoms with E-state index in [1.807, 2.05) is 76.5 Å². The van der Waals surface area contributed by atoms with Crippen molar-refractivity contribution in [3.05, 3.63) is 427 Å². The number of hydrogen-bond acceptors (Lipinski definition) is 2. The predicted molar refractivity (Wildman–Crippen MR) is 411 cm³/mol. The molecule has 0 radical (unpaired) electrons. The first-order valence-electron chi connectivity index (χ1n) is 35.0. The Morgan fingerprint density at radius 1 is 0.317 bits per heavy atom. The largest absolute Gasteiger partial charge is 0.310 e. The highest BCUT2D eigenvalue weighted by Gasteiger charge is 2.54. The van der Waals surface area contributed by atoms with Gasteiger partial charge in [-0.25, -0.2) is 26.3 Å². The van der Waals surface area contributed by atoms with Gasteiger partial charge in [0.25, 0.3) is 0 Å². The van der Waals surface area contributed by atoms with Gasteiger partial charge in [-0.15, -0.1) is 0 Å². The van der Waals surface area contributed by atoms with E-state index >= 15 is 26.3 Å². The van der Waals surface area contributed by atoms with Gasteiger partial charge in [0.15, 0.2) is 34.9 Å². The summed E-state index contributed by atoms with van der Waals surface area (Å²) >= 11 is 0. The topological polar surface area (TPSA) is 6.48 Å². The van der Waals surface area contributed by atoms with Crippen molar-refractivity contribution in [3.8, 4) is 44.5 Å². The second kappa shape index (κ2) is 23.9. The van der Waals surface area contributed by atoms with Crippen molar-refractivity contribution in [2.45, 2.75) is 50.4 Å². The Kier molecular flexibility index (Phi) is 14.7. The van der Waals surface area contributed by atoms with Crippen molar-refractivity contribution in [2.75, 3.05) is 9.80 Å². The average molecular weight is 1360 g/mol. The standard InChI is InChI=1S/C96H66F6N2/c1-7-60-30-34-62(35-31-60)94(78-46-27-56(3)25-28-58(78)5)79-21-13-9-17-70(79)74-42-38-64(48-84(74)94)103(68-52-88(97)92(101)89(98)53-68)66-40-44-76-72-19-11-15-23-81(72)96(86(76)50-66)82-24-16-12-20-73(82)77-45-41-67(51-87(77)96)104(69-54-90(99)93(102)91(100)55-69)65-39-43-75-71-18-10-14-22-80(71)95(85(75)49-65,63-36-32-61(8-2)33-37-63)83-47-57(4)26-29-59(83)6/h7-45,47-55H,1-2,46H2,3-6H3. The molecule has 0 saturated carbocycles. The third-order valence-electron chi connectivity index (χ3n) is 22.7. The maximum Gasteiger partial charge on any atom is 0.194 e. The molecule has 2 nitrogen and oxygen atoms in total. The van der Waals surface area contributed by atoms with E-state index in [-0.39, 0.29) is 11.4 Å². The molecule has 0 heterocycles. The summed E-state index contributed by atoms with van der Waals surface area (Å²) in [5.74, 6) is -8.58. The zero-order valence-electron chi connectivity index (χ0n) is 57.5. The van der Waals surface area contributed by atoms with Gasteiger partial charge in [0, 0.05) is 47.0 Å². The van der Waals surface area contributed by atoms with Crippen molar-refractivity contribution < 1.29 is 26.3 Å². The van der Waals surface area contributed by atoms with E-state index in [0.29, 0.717) is 29.2 Å². The van der Waals surface area contributed by atoms with Gasteiger partial charge in [-0.3, -0.25) is 0 Å². The zero-order valence-corrected chi connectivity index (χ0v) is 57.5. The van der Waals surface area contributed by atoms with Crippen LogP contribution in [0.5, 0.6) is 0 Å². The first kappa shape index (κ1) is 63.9. The fraction of sp³-hybridized carbons (Fsp3) is 0.0833. The minimum Gasteiger partial charge on any atom is -0.310 e. The molecule has 3 unspecified atom stereocenters. The van der Waals surface area contributed by atoms with Crippen molar-refractivity contribution in [1.82, 2.24) is 0 Å². The van der Waals surface area contributed by atoms with Gasteiger partial charge in [0.1, 0.15) is 0 Å². The summed E-state index contributed by atoms with van der Waals surface area (Å²) in [7, 11) is 0. The SMILES string of the molecule is C=Cc1ccc(C2(C3=C(C)C=CC(C)=CC3)c3ccccc3-c3ccc(N(c4cc(F)c(F)c(F)c4)c4ccc5c(c4)C4(c6ccccc6-5)c5ccccc5-c5ccc(N(c6cc(F)c(F)c(F)c6)c6ccc7c(c6)C(c6ccc(C=C)cc6)(c6cc(C)ccc6C)c6ccccc6-7)cc54)cc32)cc1.